The third kappa shape index (κ3) is 4.74. The molecule has 3 aromatic rings. The van der Waals surface area contributed by atoms with Gasteiger partial charge in [-0.1, -0.05) is 0 Å². The number of ether oxygens (including phenoxy) is 2. The molecule has 30 heavy (non-hydrogen) atoms. The molecule has 0 aliphatic heterocycles. The van der Waals surface area contributed by atoms with E-state index in [1.54, 1.807) is 36.5 Å². The van der Waals surface area contributed by atoms with Crippen LogP contribution >= 0.6 is 11.3 Å². The molecule has 3 rings (SSSR count). The van der Waals surface area contributed by atoms with Gasteiger partial charge in [-0.05, 0) is 44.2 Å². The van der Waals surface area contributed by atoms with Gasteiger partial charge in [-0.3, -0.25) is 19.0 Å². The van der Waals surface area contributed by atoms with Crippen LogP contribution in [0.1, 0.15) is 32.1 Å². The van der Waals surface area contributed by atoms with E-state index in [-0.39, 0.29) is 12.3 Å². The average Bonchev–Trinajstić information content (AvgIpc) is 3.37. The molecule has 9 heteroatoms. The molecule has 0 aliphatic rings. The molecule has 0 fully saturated rings. The number of amides is 1. The van der Waals surface area contributed by atoms with E-state index in [4.69, 9.17) is 9.47 Å². The number of nitrogens with one attached hydrogen (secondary N) is 1. The van der Waals surface area contributed by atoms with E-state index < -0.39 is 18.5 Å². The molecule has 2 aromatic heterocycles. The number of nitrogens with zero attached hydrogens (tertiary/aromatic N) is 2. The molecule has 0 unspecified atom stereocenters. The largest absolute Gasteiger partial charge is 0.497 e. The van der Waals surface area contributed by atoms with E-state index in [0.29, 0.717) is 16.9 Å². The zero-order valence-corrected chi connectivity index (χ0v) is 17.6. The van der Waals surface area contributed by atoms with Crippen LogP contribution < -0.4 is 10.1 Å². The van der Waals surface area contributed by atoms with Crippen LogP contribution in [-0.4, -0.2) is 47.5 Å². The molecule has 0 saturated carbocycles. The van der Waals surface area contributed by atoms with Crippen molar-refractivity contribution in [2.45, 2.75) is 13.8 Å². The summed E-state index contributed by atoms with van der Waals surface area (Å²) >= 11 is 1.47. The Morgan fingerprint density at radius 2 is 1.90 bits per heavy atom. The van der Waals surface area contributed by atoms with Crippen molar-refractivity contribution in [3.8, 4) is 10.9 Å². The lowest BCUT2D eigenvalue weighted by atomic mass is 10.1. The second-order valence-corrected chi connectivity index (χ2v) is 7.30. The van der Waals surface area contributed by atoms with Gasteiger partial charge in [-0.25, -0.2) is 4.98 Å². The van der Waals surface area contributed by atoms with Crippen LogP contribution in [0.4, 0.5) is 0 Å². The molecule has 0 bridgehead atoms. The second-order valence-electron chi connectivity index (χ2n) is 6.43. The lowest BCUT2D eigenvalue weighted by molar-refractivity contribution is -0.141. The first-order chi connectivity index (χ1) is 14.4. The highest BCUT2D eigenvalue weighted by Crippen LogP contribution is 2.22. The van der Waals surface area contributed by atoms with Crippen molar-refractivity contribution < 1.29 is 23.9 Å². The predicted molar refractivity (Wildman–Crippen MR) is 112 cm³/mol. The zero-order valence-electron chi connectivity index (χ0n) is 16.8. The van der Waals surface area contributed by atoms with Crippen LogP contribution in [0.5, 0.6) is 5.75 Å². The van der Waals surface area contributed by atoms with Gasteiger partial charge >= 0.3 is 5.97 Å². The number of Topliss-reactive ketones (excluding diaryl/α,β-unsaturated/α-hetero) is 1. The van der Waals surface area contributed by atoms with Gasteiger partial charge in [0.25, 0.3) is 5.91 Å². The fourth-order valence-electron chi connectivity index (χ4n) is 2.94. The fourth-order valence-corrected chi connectivity index (χ4v) is 3.69. The fraction of sp³-hybridized carbons (Fsp3) is 0.238. The van der Waals surface area contributed by atoms with E-state index in [1.165, 1.54) is 18.4 Å². The third-order valence-corrected chi connectivity index (χ3v) is 5.21. The highest BCUT2D eigenvalue weighted by Gasteiger charge is 2.19. The number of esters is 1. The third-order valence-electron chi connectivity index (χ3n) is 4.45. The van der Waals surface area contributed by atoms with Crippen molar-refractivity contribution in [1.82, 2.24) is 14.9 Å². The molecule has 1 N–H and O–H groups in total. The van der Waals surface area contributed by atoms with E-state index in [0.717, 1.165) is 16.5 Å². The van der Waals surface area contributed by atoms with Crippen molar-refractivity contribution in [3.05, 3.63) is 64.4 Å². The number of aromatic nitrogens is 2. The maximum atomic E-state index is 12.5. The van der Waals surface area contributed by atoms with Gasteiger partial charge in [-0.15, -0.1) is 11.3 Å². The van der Waals surface area contributed by atoms with Gasteiger partial charge in [0, 0.05) is 34.1 Å². The first kappa shape index (κ1) is 21.3. The molecule has 0 saturated heterocycles. The van der Waals surface area contributed by atoms with E-state index >= 15 is 0 Å². The van der Waals surface area contributed by atoms with Gasteiger partial charge < -0.3 is 14.8 Å². The lowest BCUT2D eigenvalue weighted by Crippen LogP contribution is -2.31. The van der Waals surface area contributed by atoms with Crippen LogP contribution in [0.25, 0.3) is 5.13 Å². The van der Waals surface area contributed by atoms with Gasteiger partial charge in [0.2, 0.25) is 5.78 Å². The summed E-state index contributed by atoms with van der Waals surface area (Å²) in [6.07, 6.45) is 1.70. The van der Waals surface area contributed by atoms with Crippen LogP contribution in [0, 0.1) is 13.8 Å². The normalized spacial score (nSPS) is 10.5. The summed E-state index contributed by atoms with van der Waals surface area (Å²) in [5, 5.41) is 5.09. The zero-order chi connectivity index (χ0) is 21.7. The Bertz CT molecular complexity index is 1060. The van der Waals surface area contributed by atoms with Crippen molar-refractivity contribution >= 4 is 29.0 Å². The summed E-state index contributed by atoms with van der Waals surface area (Å²) in [5.41, 5.74) is 2.45. The molecule has 0 spiro atoms. The molecule has 0 atom stereocenters. The van der Waals surface area contributed by atoms with Crippen LogP contribution in [0.15, 0.2) is 41.9 Å². The maximum absolute atomic E-state index is 12.5. The number of aryl methyl sites for hydroxylation is 1. The first-order valence-electron chi connectivity index (χ1n) is 9.10. The second kappa shape index (κ2) is 9.36. The number of hydrogen-bond acceptors (Lipinski definition) is 7. The Labute approximate surface area is 177 Å². The maximum Gasteiger partial charge on any atom is 0.325 e. The van der Waals surface area contributed by atoms with Crippen molar-refractivity contribution in [2.75, 3.05) is 20.3 Å². The smallest absolute Gasteiger partial charge is 0.325 e. The summed E-state index contributed by atoms with van der Waals surface area (Å²) in [6.45, 7) is 2.96. The minimum Gasteiger partial charge on any atom is -0.497 e. The SMILES string of the molecule is COc1ccc(C(=O)NCC(=O)OCC(=O)c2cc(C)n(-c3nccs3)c2C)cc1. The Morgan fingerprint density at radius 1 is 1.17 bits per heavy atom. The molecule has 0 radical (unpaired) electrons. The number of benzene rings is 1. The molecule has 8 nitrogen and oxygen atoms in total. The Hall–Kier alpha value is -3.46. The number of ketones is 1. The lowest BCUT2D eigenvalue weighted by Gasteiger charge is -2.07. The van der Waals surface area contributed by atoms with Gasteiger partial charge in [0.05, 0.1) is 7.11 Å². The minimum atomic E-state index is -0.695. The summed E-state index contributed by atoms with van der Waals surface area (Å²) in [4.78, 5) is 40.8. The van der Waals surface area contributed by atoms with Crippen LogP contribution in [0.2, 0.25) is 0 Å². The molecule has 0 aliphatic carbocycles. The number of carbonyl (C=O) groups excluding carboxylic acids is 3. The monoisotopic (exact) mass is 427 g/mol. The van der Waals surface area contributed by atoms with Crippen molar-refractivity contribution in [1.29, 1.82) is 0 Å². The number of methoxy groups -OCH3 is 1. The van der Waals surface area contributed by atoms with Gasteiger partial charge in [-0.2, -0.15) is 0 Å². The summed E-state index contributed by atoms with van der Waals surface area (Å²) in [7, 11) is 1.53. The molecular formula is C21H21N3O5S. The van der Waals surface area contributed by atoms with Crippen molar-refractivity contribution in [2.24, 2.45) is 0 Å². The summed E-state index contributed by atoms with van der Waals surface area (Å²) in [5.74, 6) is -0.814. The van der Waals surface area contributed by atoms with E-state index in [2.05, 4.69) is 10.3 Å². The predicted octanol–water partition coefficient (Wildman–Crippen LogP) is 2.72. The number of carbonyl (C=O) groups is 3. The highest BCUT2D eigenvalue weighted by atomic mass is 32.1. The first-order valence-corrected chi connectivity index (χ1v) is 9.98. The standard InChI is InChI=1S/C21H21N3O5S/c1-13-10-17(14(2)24(13)21-22-8-9-30-21)18(25)12-29-19(26)11-23-20(27)15-4-6-16(28-3)7-5-15/h4-10H,11-12H2,1-3H3,(H,23,27). The Morgan fingerprint density at radius 3 is 2.53 bits per heavy atom. The average molecular weight is 427 g/mol. The number of hydrogen-bond donors (Lipinski definition) is 1. The minimum absolute atomic E-state index is 0.319. The van der Waals surface area contributed by atoms with Crippen LogP contribution in [-0.2, 0) is 9.53 Å². The summed E-state index contributed by atoms with van der Waals surface area (Å²) < 4.78 is 11.9. The molecule has 156 valence electrons. The Kier molecular flexibility index (Phi) is 6.63. The highest BCUT2D eigenvalue weighted by molar-refractivity contribution is 7.12. The molecule has 1 amide bonds. The van der Waals surface area contributed by atoms with Gasteiger partial charge in [0.1, 0.15) is 12.3 Å². The topological polar surface area (TPSA) is 99.5 Å². The van der Waals surface area contributed by atoms with E-state index in [1.807, 2.05) is 23.8 Å². The van der Waals surface area contributed by atoms with Crippen LogP contribution in [0.3, 0.4) is 0 Å². The van der Waals surface area contributed by atoms with E-state index in [9.17, 15) is 14.4 Å². The molecule has 1 aromatic carbocycles. The van der Waals surface area contributed by atoms with Gasteiger partial charge in [0.15, 0.2) is 11.7 Å². The number of thiazole rings is 1. The molecular weight excluding hydrogens is 406 g/mol. The summed E-state index contributed by atoms with van der Waals surface area (Å²) in [6, 6.07) is 8.21. The van der Waals surface area contributed by atoms with Crippen molar-refractivity contribution in [3.63, 3.8) is 0 Å². The molecule has 2 heterocycles. The Balaban J connectivity index is 1.53. The number of rotatable bonds is 8. The quantitative estimate of drug-likeness (QED) is 0.438.